The SMILES string of the molecule is COc1cc(CN2CC3CN(C)C(c4ccccc4)C3C2)cc(OC)c1O. The van der Waals surface area contributed by atoms with Crippen LogP contribution < -0.4 is 9.47 Å². The highest BCUT2D eigenvalue weighted by Crippen LogP contribution is 2.44. The molecule has 2 heterocycles. The first-order valence-corrected chi connectivity index (χ1v) is 9.52. The summed E-state index contributed by atoms with van der Waals surface area (Å²) >= 11 is 0. The molecule has 0 spiro atoms. The van der Waals surface area contributed by atoms with Gasteiger partial charge in [0.15, 0.2) is 11.5 Å². The van der Waals surface area contributed by atoms with Gasteiger partial charge in [0, 0.05) is 32.2 Å². The predicted molar refractivity (Wildman–Crippen MR) is 105 cm³/mol. The molecule has 2 aromatic rings. The van der Waals surface area contributed by atoms with Gasteiger partial charge >= 0.3 is 0 Å². The standard InChI is InChI=1S/C22H28N2O3/c1-23-12-17-13-24(14-18(17)21(23)16-7-5-4-6-8-16)11-15-9-19(26-2)22(25)20(10-15)27-3/h4-10,17-18,21,25H,11-14H2,1-3H3. The summed E-state index contributed by atoms with van der Waals surface area (Å²) in [6, 6.07) is 15.2. The second kappa shape index (κ2) is 7.41. The highest BCUT2D eigenvalue weighted by atomic mass is 16.5. The van der Waals surface area contributed by atoms with Crippen molar-refractivity contribution >= 4 is 0 Å². The van der Waals surface area contributed by atoms with Gasteiger partial charge in [0.1, 0.15) is 0 Å². The zero-order valence-corrected chi connectivity index (χ0v) is 16.3. The van der Waals surface area contributed by atoms with E-state index in [0.717, 1.165) is 31.7 Å². The van der Waals surface area contributed by atoms with Crippen molar-refractivity contribution in [2.45, 2.75) is 12.6 Å². The van der Waals surface area contributed by atoms with Crippen molar-refractivity contribution in [2.24, 2.45) is 11.8 Å². The largest absolute Gasteiger partial charge is 0.502 e. The molecule has 0 amide bonds. The Morgan fingerprint density at radius 3 is 2.30 bits per heavy atom. The summed E-state index contributed by atoms with van der Waals surface area (Å²) in [5.74, 6) is 2.34. The van der Waals surface area contributed by atoms with Crippen LogP contribution in [0, 0.1) is 11.8 Å². The summed E-state index contributed by atoms with van der Waals surface area (Å²) in [4.78, 5) is 5.03. The van der Waals surface area contributed by atoms with Crippen LogP contribution in [0.1, 0.15) is 17.2 Å². The van der Waals surface area contributed by atoms with Crippen LogP contribution in [0.5, 0.6) is 17.2 Å². The molecular formula is C22H28N2O3. The predicted octanol–water partition coefficient (Wildman–Crippen LogP) is 3.14. The minimum atomic E-state index is 0.0628. The molecule has 27 heavy (non-hydrogen) atoms. The van der Waals surface area contributed by atoms with E-state index in [1.807, 2.05) is 12.1 Å². The fraction of sp³-hybridized carbons (Fsp3) is 0.455. The monoisotopic (exact) mass is 368 g/mol. The molecular weight excluding hydrogens is 340 g/mol. The maximum absolute atomic E-state index is 10.1. The lowest BCUT2D eigenvalue weighted by Crippen LogP contribution is -2.28. The van der Waals surface area contributed by atoms with Gasteiger partial charge in [0.05, 0.1) is 14.2 Å². The van der Waals surface area contributed by atoms with Crippen LogP contribution in [0.4, 0.5) is 0 Å². The van der Waals surface area contributed by atoms with Crippen molar-refractivity contribution in [1.82, 2.24) is 9.80 Å². The normalized spacial score (nSPS) is 25.5. The number of ether oxygens (including phenoxy) is 2. The van der Waals surface area contributed by atoms with Gasteiger partial charge in [-0.3, -0.25) is 9.80 Å². The maximum Gasteiger partial charge on any atom is 0.200 e. The van der Waals surface area contributed by atoms with Gasteiger partial charge in [0.25, 0.3) is 0 Å². The van der Waals surface area contributed by atoms with E-state index in [9.17, 15) is 5.11 Å². The van der Waals surface area contributed by atoms with Crippen LogP contribution in [0.3, 0.4) is 0 Å². The fourth-order valence-corrected chi connectivity index (χ4v) is 4.93. The molecule has 2 saturated heterocycles. The lowest BCUT2D eigenvalue weighted by molar-refractivity contribution is 0.224. The molecule has 5 nitrogen and oxygen atoms in total. The average molecular weight is 368 g/mol. The van der Waals surface area contributed by atoms with Crippen molar-refractivity contribution in [3.05, 3.63) is 53.6 Å². The van der Waals surface area contributed by atoms with Crippen molar-refractivity contribution in [3.8, 4) is 17.2 Å². The van der Waals surface area contributed by atoms with Gasteiger partial charge in [-0.1, -0.05) is 30.3 Å². The molecule has 144 valence electrons. The number of hydrogen-bond donors (Lipinski definition) is 1. The van der Waals surface area contributed by atoms with E-state index in [0.29, 0.717) is 29.4 Å². The Kier molecular flexibility index (Phi) is 4.98. The van der Waals surface area contributed by atoms with Gasteiger partial charge < -0.3 is 14.6 Å². The number of rotatable bonds is 5. The zero-order valence-electron chi connectivity index (χ0n) is 16.3. The first-order chi connectivity index (χ1) is 13.1. The molecule has 3 atom stereocenters. The maximum atomic E-state index is 10.1. The van der Waals surface area contributed by atoms with E-state index >= 15 is 0 Å². The number of phenols is 1. The number of aromatic hydroxyl groups is 1. The molecule has 2 aromatic carbocycles. The number of fused-ring (bicyclic) bond motifs is 1. The molecule has 2 aliphatic heterocycles. The summed E-state index contributed by atoms with van der Waals surface area (Å²) in [5, 5.41) is 10.1. The topological polar surface area (TPSA) is 45.2 Å². The second-order valence-electron chi connectivity index (χ2n) is 7.76. The Balaban J connectivity index is 1.51. The Morgan fingerprint density at radius 2 is 1.67 bits per heavy atom. The Bertz CT molecular complexity index is 770. The molecule has 3 unspecified atom stereocenters. The van der Waals surface area contributed by atoms with Gasteiger partial charge in [-0.2, -0.15) is 0 Å². The minimum absolute atomic E-state index is 0.0628. The number of hydrogen-bond acceptors (Lipinski definition) is 5. The number of likely N-dealkylation sites (tertiary alicyclic amines) is 2. The van der Waals surface area contributed by atoms with Crippen LogP contribution in [0.15, 0.2) is 42.5 Å². The van der Waals surface area contributed by atoms with Crippen LogP contribution in [-0.4, -0.2) is 55.8 Å². The Hall–Kier alpha value is -2.24. The van der Waals surface area contributed by atoms with E-state index in [2.05, 4.69) is 47.2 Å². The smallest absolute Gasteiger partial charge is 0.200 e. The van der Waals surface area contributed by atoms with Crippen LogP contribution in [0.25, 0.3) is 0 Å². The van der Waals surface area contributed by atoms with Crippen molar-refractivity contribution in [2.75, 3.05) is 40.9 Å². The van der Waals surface area contributed by atoms with Crippen LogP contribution >= 0.6 is 0 Å². The van der Waals surface area contributed by atoms with Gasteiger partial charge in [-0.25, -0.2) is 0 Å². The second-order valence-corrected chi connectivity index (χ2v) is 7.76. The third-order valence-electron chi connectivity index (χ3n) is 6.06. The van der Waals surface area contributed by atoms with E-state index in [-0.39, 0.29) is 5.75 Å². The molecule has 4 rings (SSSR count). The zero-order chi connectivity index (χ0) is 19.0. The first-order valence-electron chi connectivity index (χ1n) is 9.52. The quantitative estimate of drug-likeness (QED) is 0.878. The van der Waals surface area contributed by atoms with Crippen LogP contribution in [0.2, 0.25) is 0 Å². The summed E-state index contributed by atoms with van der Waals surface area (Å²) in [6.45, 7) is 4.16. The van der Waals surface area contributed by atoms with E-state index in [1.54, 1.807) is 14.2 Å². The number of benzene rings is 2. The van der Waals surface area contributed by atoms with Gasteiger partial charge in [-0.05, 0) is 42.1 Å². The summed E-state index contributed by atoms with van der Waals surface area (Å²) in [7, 11) is 5.38. The molecule has 0 radical (unpaired) electrons. The molecule has 5 heteroatoms. The highest BCUT2D eigenvalue weighted by molar-refractivity contribution is 5.52. The molecule has 0 aliphatic carbocycles. The molecule has 0 bridgehead atoms. The van der Waals surface area contributed by atoms with Crippen molar-refractivity contribution in [1.29, 1.82) is 0 Å². The lowest BCUT2D eigenvalue weighted by Gasteiger charge is -2.27. The molecule has 1 N–H and O–H groups in total. The number of methoxy groups -OCH3 is 2. The highest BCUT2D eigenvalue weighted by Gasteiger charge is 2.45. The Labute approximate surface area is 161 Å². The minimum Gasteiger partial charge on any atom is -0.502 e. The fourth-order valence-electron chi connectivity index (χ4n) is 4.93. The van der Waals surface area contributed by atoms with Gasteiger partial charge in [-0.15, -0.1) is 0 Å². The van der Waals surface area contributed by atoms with Crippen molar-refractivity contribution in [3.63, 3.8) is 0 Å². The number of nitrogens with zero attached hydrogens (tertiary/aromatic N) is 2. The summed E-state index contributed by atoms with van der Waals surface area (Å²) in [5.41, 5.74) is 2.52. The third kappa shape index (κ3) is 3.37. The van der Waals surface area contributed by atoms with Crippen LogP contribution in [-0.2, 0) is 6.54 Å². The van der Waals surface area contributed by atoms with Crippen molar-refractivity contribution < 1.29 is 14.6 Å². The van der Waals surface area contributed by atoms with Gasteiger partial charge in [0.2, 0.25) is 5.75 Å². The van der Waals surface area contributed by atoms with E-state index in [4.69, 9.17) is 9.47 Å². The molecule has 0 saturated carbocycles. The molecule has 2 aliphatic rings. The third-order valence-corrected chi connectivity index (χ3v) is 6.06. The first kappa shape index (κ1) is 18.1. The lowest BCUT2D eigenvalue weighted by atomic mass is 9.90. The average Bonchev–Trinajstić information content (AvgIpc) is 3.19. The number of phenolic OH excluding ortho intramolecular Hbond substituents is 1. The van der Waals surface area contributed by atoms with E-state index < -0.39 is 0 Å². The Morgan fingerprint density at radius 1 is 1.00 bits per heavy atom. The molecule has 2 fully saturated rings. The molecule has 0 aromatic heterocycles. The van der Waals surface area contributed by atoms with E-state index in [1.165, 1.54) is 5.56 Å². The summed E-state index contributed by atoms with van der Waals surface area (Å²) in [6.07, 6.45) is 0. The summed E-state index contributed by atoms with van der Waals surface area (Å²) < 4.78 is 10.6.